The molecule has 0 aromatic carbocycles. The summed E-state index contributed by atoms with van der Waals surface area (Å²) < 4.78 is 31.6. The van der Waals surface area contributed by atoms with Crippen molar-refractivity contribution in [1.82, 2.24) is 0 Å². The van der Waals surface area contributed by atoms with Crippen molar-refractivity contribution in [3.05, 3.63) is 0 Å². The molecule has 0 aliphatic heterocycles. The van der Waals surface area contributed by atoms with Gasteiger partial charge in [0.25, 0.3) is 0 Å². The Morgan fingerprint density at radius 3 is 2.23 bits per heavy atom. The lowest BCUT2D eigenvalue weighted by Crippen LogP contribution is -2.42. The second-order valence-corrected chi connectivity index (χ2v) is 5.69. The molecule has 0 saturated heterocycles. The van der Waals surface area contributed by atoms with Crippen LogP contribution in [0, 0.1) is 0 Å². The molecule has 0 heterocycles. The molecule has 0 aliphatic carbocycles. The van der Waals surface area contributed by atoms with Crippen molar-refractivity contribution in [2.75, 3.05) is 38.7 Å². The smallest absolute Gasteiger partial charge is 0.0948 e. The van der Waals surface area contributed by atoms with Crippen molar-refractivity contribution in [3.63, 3.8) is 0 Å². The highest BCUT2D eigenvalue weighted by Gasteiger charge is 2.13. The molecule has 0 aliphatic rings. The van der Waals surface area contributed by atoms with Crippen LogP contribution in [0.25, 0.3) is 0 Å². The molecule has 0 aromatic rings. The first-order valence-corrected chi connectivity index (χ1v) is 6.34. The molecule has 0 N–H and O–H groups in total. The molecule has 0 aromatic heterocycles. The molecular formula is C7H17NO3S2. The van der Waals surface area contributed by atoms with Gasteiger partial charge in [0, 0.05) is 17.9 Å². The van der Waals surface area contributed by atoms with Crippen LogP contribution in [0.3, 0.4) is 0 Å². The Labute approximate surface area is 85.7 Å². The Balaban J connectivity index is 3.76. The van der Waals surface area contributed by atoms with E-state index in [9.17, 15) is 13.0 Å². The van der Waals surface area contributed by atoms with Crippen LogP contribution in [0.5, 0.6) is 0 Å². The molecular weight excluding hydrogens is 210 g/mol. The van der Waals surface area contributed by atoms with Gasteiger partial charge in [0.1, 0.15) is 0 Å². The van der Waals surface area contributed by atoms with Gasteiger partial charge in [0.05, 0.1) is 37.3 Å². The molecule has 6 heteroatoms. The van der Waals surface area contributed by atoms with E-state index in [2.05, 4.69) is 12.6 Å². The van der Waals surface area contributed by atoms with Gasteiger partial charge in [0.15, 0.2) is 0 Å². The van der Waals surface area contributed by atoms with Crippen LogP contribution in [0.2, 0.25) is 0 Å². The number of nitrogens with zero attached hydrogens (tertiary/aromatic N) is 1. The summed E-state index contributed by atoms with van der Waals surface area (Å²) in [7, 11) is -0.0532. The van der Waals surface area contributed by atoms with Gasteiger partial charge in [-0.15, -0.1) is 0 Å². The van der Waals surface area contributed by atoms with Crippen LogP contribution >= 0.6 is 12.6 Å². The Kier molecular flexibility index (Phi) is 5.28. The normalized spacial score (nSPS) is 13.2. The third kappa shape index (κ3) is 8.55. The van der Waals surface area contributed by atoms with Gasteiger partial charge >= 0.3 is 0 Å². The first kappa shape index (κ1) is 13.2. The Morgan fingerprint density at radius 2 is 1.85 bits per heavy atom. The highest BCUT2D eigenvalue weighted by molar-refractivity contribution is 7.85. The number of quaternary nitrogens is 1. The van der Waals surface area contributed by atoms with Gasteiger partial charge in [-0.05, 0) is 0 Å². The Bertz CT molecular complexity index is 236. The van der Waals surface area contributed by atoms with Crippen LogP contribution in [0.15, 0.2) is 0 Å². The van der Waals surface area contributed by atoms with Crippen molar-refractivity contribution in [3.8, 4) is 0 Å². The summed E-state index contributed by atoms with van der Waals surface area (Å²) in [5.74, 6) is 0.498. The summed E-state index contributed by atoms with van der Waals surface area (Å²) >= 11 is 4.10. The third-order valence-electron chi connectivity index (χ3n) is 1.86. The molecule has 0 amide bonds. The monoisotopic (exact) mass is 227 g/mol. The molecule has 4 nitrogen and oxygen atoms in total. The molecule has 0 atom stereocenters. The second-order valence-electron chi connectivity index (χ2n) is 3.72. The fourth-order valence-electron chi connectivity index (χ4n) is 1.05. The average Bonchev–Trinajstić information content (AvgIpc) is 1.82. The maximum absolute atomic E-state index is 10.3. The van der Waals surface area contributed by atoms with E-state index in [4.69, 9.17) is 0 Å². The molecule has 0 spiro atoms. The summed E-state index contributed by atoms with van der Waals surface area (Å²) in [5, 5.41) is 0. The van der Waals surface area contributed by atoms with Crippen molar-refractivity contribution >= 4 is 22.7 Å². The molecule has 0 bridgehead atoms. The molecule has 0 saturated carbocycles. The van der Waals surface area contributed by atoms with Crippen LogP contribution in [-0.4, -0.2) is 56.1 Å². The fourth-order valence-corrected chi connectivity index (χ4v) is 2.08. The zero-order chi connectivity index (χ0) is 10.5. The highest BCUT2D eigenvalue weighted by atomic mass is 32.2. The summed E-state index contributed by atoms with van der Waals surface area (Å²) in [6.45, 7) is 1.57. The Morgan fingerprint density at radius 1 is 1.31 bits per heavy atom. The van der Waals surface area contributed by atoms with E-state index in [0.29, 0.717) is 17.4 Å². The lowest BCUT2D eigenvalue weighted by Gasteiger charge is -2.29. The SMILES string of the molecule is C[N+](C)(CCS)CCCS(=O)(=O)[O-]. The van der Waals surface area contributed by atoms with E-state index in [1.807, 2.05) is 14.1 Å². The van der Waals surface area contributed by atoms with E-state index in [1.54, 1.807) is 0 Å². The number of hydrogen-bond acceptors (Lipinski definition) is 4. The van der Waals surface area contributed by atoms with E-state index in [0.717, 1.165) is 12.3 Å². The summed E-state index contributed by atoms with van der Waals surface area (Å²) in [5.41, 5.74) is 0. The van der Waals surface area contributed by atoms with Crippen LogP contribution < -0.4 is 0 Å². The van der Waals surface area contributed by atoms with Crippen LogP contribution in [-0.2, 0) is 10.1 Å². The first-order valence-electron chi connectivity index (χ1n) is 4.13. The molecule has 0 rings (SSSR count). The first-order chi connectivity index (χ1) is 5.77. The quantitative estimate of drug-likeness (QED) is 0.392. The predicted octanol–water partition coefficient (Wildman–Crippen LogP) is -0.0721. The van der Waals surface area contributed by atoms with Crippen molar-refractivity contribution in [2.24, 2.45) is 0 Å². The standard InChI is InChI=1S/C7H17NO3S2/c1-8(2,5-6-12)4-3-7-13(9,10)11/h3-7H2,1-2H3,(H-,9,10,11,12). The third-order valence-corrected chi connectivity index (χ3v) is 2.85. The topological polar surface area (TPSA) is 57.2 Å². The number of thiol groups is 1. The lowest BCUT2D eigenvalue weighted by atomic mass is 10.4. The van der Waals surface area contributed by atoms with Crippen molar-refractivity contribution in [1.29, 1.82) is 0 Å². The molecule has 0 radical (unpaired) electrons. The van der Waals surface area contributed by atoms with Gasteiger partial charge in [0.2, 0.25) is 0 Å². The van der Waals surface area contributed by atoms with Gasteiger partial charge in [-0.2, -0.15) is 12.6 Å². The van der Waals surface area contributed by atoms with Gasteiger partial charge in [-0.3, -0.25) is 0 Å². The minimum absolute atomic E-state index is 0.263. The largest absolute Gasteiger partial charge is 0.748 e. The highest BCUT2D eigenvalue weighted by Crippen LogP contribution is 2.01. The zero-order valence-corrected chi connectivity index (χ0v) is 9.77. The molecule has 80 valence electrons. The maximum atomic E-state index is 10.3. The van der Waals surface area contributed by atoms with Crippen LogP contribution in [0.1, 0.15) is 6.42 Å². The summed E-state index contributed by atoms with van der Waals surface area (Å²) in [6, 6.07) is 0. The van der Waals surface area contributed by atoms with Gasteiger partial charge < -0.3 is 9.04 Å². The Hall–Kier alpha value is 0.220. The van der Waals surface area contributed by atoms with E-state index in [-0.39, 0.29) is 5.75 Å². The van der Waals surface area contributed by atoms with Gasteiger partial charge in [-0.25, -0.2) is 8.42 Å². The zero-order valence-electron chi connectivity index (χ0n) is 8.06. The second kappa shape index (κ2) is 5.19. The van der Waals surface area contributed by atoms with Crippen LogP contribution in [0.4, 0.5) is 0 Å². The summed E-state index contributed by atoms with van der Waals surface area (Å²) in [6.07, 6.45) is 0.423. The minimum atomic E-state index is -4.04. The van der Waals surface area contributed by atoms with E-state index < -0.39 is 10.1 Å². The number of rotatable bonds is 6. The van der Waals surface area contributed by atoms with E-state index >= 15 is 0 Å². The predicted molar refractivity (Wildman–Crippen MR) is 54.9 cm³/mol. The molecule has 13 heavy (non-hydrogen) atoms. The van der Waals surface area contributed by atoms with Crippen molar-refractivity contribution < 1.29 is 17.5 Å². The van der Waals surface area contributed by atoms with E-state index in [1.165, 1.54) is 0 Å². The average molecular weight is 227 g/mol. The minimum Gasteiger partial charge on any atom is -0.748 e. The molecule has 0 fully saturated rings. The van der Waals surface area contributed by atoms with Gasteiger partial charge in [-0.1, -0.05) is 0 Å². The number of hydrogen-bond donors (Lipinski definition) is 1. The van der Waals surface area contributed by atoms with Crippen molar-refractivity contribution in [2.45, 2.75) is 6.42 Å². The lowest BCUT2D eigenvalue weighted by molar-refractivity contribution is -0.887. The maximum Gasteiger partial charge on any atom is 0.0948 e. The fraction of sp³-hybridized carbons (Fsp3) is 1.00. The molecule has 0 unspecified atom stereocenters. The summed E-state index contributed by atoms with van der Waals surface area (Å²) in [4.78, 5) is 0.